The lowest BCUT2D eigenvalue weighted by molar-refractivity contribution is -0.146. The molecule has 5 nitrogen and oxygen atoms in total. The van der Waals surface area contributed by atoms with E-state index in [9.17, 15) is 26.5 Å². The summed E-state index contributed by atoms with van der Waals surface area (Å²) in [5, 5.41) is -4.56. The van der Waals surface area contributed by atoms with Gasteiger partial charge in [0.25, 0.3) is 0 Å². The highest BCUT2D eigenvalue weighted by Gasteiger charge is 2.38. The summed E-state index contributed by atoms with van der Waals surface area (Å²) in [6.07, 6.45) is 0. The van der Waals surface area contributed by atoms with E-state index >= 15 is 0 Å². The van der Waals surface area contributed by atoms with E-state index < -0.39 is 27.9 Å². The molecule has 0 radical (unpaired) electrons. The summed E-state index contributed by atoms with van der Waals surface area (Å²) in [6, 6.07) is 0. The molecule has 0 saturated heterocycles. The van der Waals surface area contributed by atoms with Crippen LogP contribution < -0.4 is 0 Å². The molecular weight excluding hydrogens is 210 g/mol. The van der Waals surface area contributed by atoms with Crippen molar-refractivity contribution in [2.45, 2.75) is 12.2 Å². The zero-order valence-electron chi connectivity index (χ0n) is 6.91. The van der Waals surface area contributed by atoms with Crippen LogP contribution in [0.1, 0.15) is 6.92 Å². The number of carbonyl (C=O) groups excluding carboxylic acids is 1. The number of rotatable bonds is 3. The lowest BCUT2D eigenvalue weighted by Crippen LogP contribution is -2.34. The maximum absolute atomic E-state index is 12.1. The summed E-state index contributed by atoms with van der Waals surface area (Å²) in [5.41, 5.74) is 0. The molecule has 0 amide bonds. The predicted molar refractivity (Wildman–Crippen MR) is 37.7 cm³/mol. The maximum atomic E-state index is 12.1. The molecule has 0 saturated carbocycles. The summed E-state index contributed by atoms with van der Waals surface area (Å²) in [5.74, 6) is -1.08. The van der Waals surface area contributed by atoms with Crippen molar-refractivity contribution in [3.05, 3.63) is 7.43 Å². The normalized spacial score (nSPS) is 11.7. The van der Waals surface area contributed by atoms with Gasteiger partial charge in [-0.1, -0.05) is 0 Å². The Morgan fingerprint density at radius 1 is 1.54 bits per heavy atom. The Balaban J connectivity index is 0. The van der Waals surface area contributed by atoms with Gasteiger partial charge in [0, 0.05) is 14.4 Å². The first-order valence-electron chi connectivity index (χ1n) is 2.63. The largest absolute Gasteiger partial charge is 0.743 e. The molecule has 0 fully saturated rings. The molecule has 0 atom stereocenters. The molecule has 0 aromatic rings. The smallest absolute Gasteiger partial charge is 0.367 e. The SMILES string of the molecule is CC(=O)OCC(F)(F)S(=O)(=O)[O-].[CH3+]. The van der Waals surface area contributed by atoms with Crippen molar-refractivity contribution in [3.63, 3.8) is 0 Å². The number of esters is 1. The zero-order valence-corrected chi connectivity index (χ0v) is 7.73. The molecule has 0 aliphatic rings. The number of ether oxygens (including phenoxy) is 1. The summed E-state index contributed by atoms with van der Waals surface area (Å²) in [6.45, 7) is -0.929. The number of hydrogen-bond acceptors (Lipinski definition) is 5. The van der Waals surface area contributed by atoms with Crippen LogP contribution in [-0.2, 0) is 19.6 Å². The Hall–Kier alpha value is -0.890. The van der Waals surface area contributed by atoms with Gasteiger partial charge in [-0.15, -0.1) is 0 Å². The highest BCUT2D eigenvalue weighted by molar-refractivity contribution is 7.86. The van der Waals surface area contributed by atoms with E-state index in [0.29, 0.717) is 0 Å². The van der Waals surface area contributed by atoms with Crippen molar-refractivity contribution in [3.8, 4) is 0 Å². The van der Waals surface area contributed by atoms with Crippen molar-refractivity contribution < 1.29 is 31.3 Å². The molecule has 8 heteroatoms. The third-order valence-corrected chi connectivity index (χ3v) is 1.66. The summed E-state index contributed by atoms with van der Waals surface area (Å²) < 4.78 is 57.2. The average molecular weight is 218 g/mol. The molecule has 0 aromatic carbocycles. The lowest BCUT2D eigenvalue weighted by Gasteiger charge is -2.18. The van der Waals surface area contributed by atoms with Gasteiger partial charge in [0.05, 0.1) is 0 Å². The van der Waals surface area contributed by atoms with Gasteiger partial charge in [-0.25, -0.2) is 8.42 Å². The van der Waals surface area contributed by atoms with Crippen molar-refractivity contribution >= 4 is 16.1 Å². The Kier molecular flexibility index (Phi) is 4.92. The highest BCUT2D eigenvalue weighted by Crippen LogP contribution is 2.20. The first-order valence-corrected chi connectivity index (χ1v) is 4.04. The van der Waals surface area contributed by atoms with Gasteiger partial charge < -0.3 is 9.29 Å². The van der Waals surface area contributed by atoms with Crippen LogP contribution in [0.2, 0.25) is 0 Å². The fourth-order valence-electron chi connectivity index (χ4n) is 0.258. The third-order valence-electron chi connectivity index (χ3n) is 0.809. The molecule has 0 N–H and O–H groups in total. The molecule has 78 valence electrons. The van der Waals surface area contributed by atoms with Crippen molar-refractivity contribution in [2.24, 2.45) is 0 Å². The van der Waals surface area contributed by atoms with Crippen LogP contribution in [0.15, 0.2) is 0 Å². The minimum absolute atomic E-state index is 0. The van der Waals surface area contributed by atoms with Crippen molar-refractivity contribution in [1.29, 1.82) is 0 Å². The second-order valence-corrected chi connectivity index (χ2v) is 3.38. The van der Waals surface area contributed by atoms with E-state index in [1.165, 1.54) is 0 Å². The molecule has 0 aliphatic heterocycles. The molecule has 0 aromatic heterocycles. The number of carbonyl (C=O) groups is 1. The van der Waals surface area contributed by atoms with Crippen LogP contribution in [0.3, 0.4) is 0 Å². The third kappa shape index (κ3) is 4.63. The second-order valence-electron chi connectivity index (χ2n) is 1.87. The Bertz CT molecular complexity index is 271. The summed E-state index contributed by atoms with van der Waals surface area (Å²) in [4.78, 5) is 9.96. The fourth-order valence-corrected chi connectivity index (χ4v) is 0.461. The Morgan fingerprint density at radius 2 is 1.92 bits per heavy atom. The van der Waals surface area contributed by atoms with Crippen LogP contribution in [0.5, 0.6) is 0 Å². The highest BCUT2D eigenvalue weighted by atomic mass is 32.2. The van der Waals surface area contributed by atoms with Crippen LogP contribution >= 0.6 is 0 Å². The molecular formula is C5H8F2O5S. The number of halogens is 2. The van der Waals surface area contributed by atoms with E-state index in [1.54, 1.807) is 0 Å². The predicted octanol–water partition coefficient (Wildman–Crippen LogP) is 0.138. The number of alkyl halides is 2. The van der Waals surface area contributed by atoms with Crippen LogP contribution in [0.25, 0.3) is 0 Å². The monoisotopic (exact) mass is 218 g/mol. The molecule has 0 rings (SSSR count). The molecule has 0 bridgehead atoms. The van der Waals surface area contributed by atoms with Crippen molar-refractivity contribution in [1.82, 2.24) is 0 Å². The van der Waals surface area contributed by atoms with E-state index in [0.717, 1.165) is 6.92 Å². The summed E-state index contributed by atoms with van der Waals surface area (Å²) in [7, 11) is -5.76. The Morgan fingerprint density at radius 3 is 2.15 bits per heavy atom. The molecule has 13 heavy (non-hydrogen) atoms. The van der Waals surface area contributed by atoms with Crippen LogP contribution in [-0.4, -0.2) is 30.8 Å². The van der Waals surface area contributed by atoms with Crippen LogP contribution in [0.4, 0.5) is 8.78 Å². The van der Waals surface area contributed by atoms with E-state index in [1.807, 2.05) is 0 Å². The maximum Gasteiger partial charge on any atom is 0.367 e. The minimum Gasteiger partial charge on any atom is -0.743 e. The average Bonchev–Trinajstić information content (AvgIpc) is 1.81. The molecule has 0 heterocycles. The second kappa shape index (κ2) is 4.38. The molecule has 0 spiro atoms. The minimum atomic E-state index is -5.76. The molecule has 0 unspecified atom stereocenters. The quantitative estimate of drug-likeness (QED) is 0.382. The lowest BCUT2D eigenvalue weighted by atomic mass is 10.7. The van der Waals surface area contributed by atoms with Gasteiger partial charge in [0.15, 0.2) is 16.7 Å². The van der Waals surface area contributed by atoms with Gasteiger partial charge in [-0.05, 0) is 0 Å². The van der Waals surface area contributed by atoms with Gasteiger partial charge in [0.1, 0.15) is 0 Å². The number of hydrogen-bond donors (Lipinski definition) is 0. The first kappa shape index (κ1) is 14.6. The van der Waals surface area contributed by atoms with E-state index in [-0.39, 0.29) is 7.43 Å². The fraction of sp³-hybridized carbons (Fsp3) is 0.600. The van der Waals surface area contributed by atoms with Gasteiger partial charge in [-0.3, -0.25) is 4.79 Å². The zero-order chi connectivity index (χ0) is 9.99. The van der Waals surface area contributed by atoms with Gasteiger partial charge in [-0.2, -0.15) is 8.78 Å². The standard InChI is InChI=1S/C4H6F2O5S.CH3/c1-3(7)11-2-4(5,6)12(8,9)10;/h2H2,1H3,(H,8,9,10);1H3/q;+1/p-1. The van der Waals surface area contributed by atoms with Gasteiger partial charge >= 0.3 is 11.2 Å². The topological polar surface area (TPSA) is 83.5 Å². The van der Waals surface area contributed by atoms with Crippen molar-refractivity contribution in [2.75, 3.05) is 6.61 Å². The Labute approximate surface area is 74.4 Å². The van der Waals surface area contributed by atoms with Crippen LogP contribution in [0, 0.1) is 7.43 Å². The molecule has 0 aliphatic carbocycles. The van der Waals surface area contributed by atoms with E-state index in [2.05, 4.69) is 4.74 Å². The summed E-state index contributed by atoms with van der Waals surface area (Å²) >= 11 is 0. The van der Waals surface area contributed by atoms with E-state index in [4.69, 9.17) is 0 Å². The van der Waals surface area contributed by atoms with Gasteiger partial charge in [0.2, 0.25) is 0 Å². The first-order chi connectivity index (χ1) is 5.17.